The van der Waals surface area contributed by atoms with Crippen molar-refractivity contribution in [3.8, 4) is 0 Å². The molecule has 0 amide bonds. The van der Waals surface area contributed by atoms with Gasteiger partial charge in [0, 0.05) is 0 Å². The van der Waals surface area contributed by atoms with Gasteiger partial charge in [0.2, 0.25) is 0 Å². The van der Waals surface area contributed by atoms with E-state index in [1.807, 2.05) is 48.5 Å². The first kappa shape index (κ1) is 12.1. The summed E-state index contributed by atoms with van der Waals surface area (Å²) in [6.45, 7) is 0.618. The molecule has 0 saturated heterocycles. The van der Waals surface area contributed by atoms with Crippen molar-refractivity contribution in [1.29, 1.82) is 0 Å². The Bertz CT molecular complexity index is 756. The van der Waals surface area contributed by atoms with Crippen LogP contribution in [0.3, 0.4) is 0 Å². The average molecular weight is 271 g/mol. The highest BCUT2D eigenvalue weighted by molar-refractivity contribution is 7.13. The minimum Gasteiger partial charge on any atom is -0.392 e. The molecule has 0 aliphatic carbocycles. The number of nitrogens with zero attached hydrogens (tertiary/aromatic N) is 1. The van der Waals surface area contributed by atoms with E-state index in [9.17, 15) is 4.79 Å². The molecule has 96 valence electrons. The van der Waals surface area contributed by atoms with Crippen LogP contribution in [0.15, 0.2) is 53.3 Å². The standard InChI is InChI=1S/C15H13NO2S/c17-10-12-7-5-11(6-8-12)9-16-15(18)13-3-1-2-4-14(13)19-16/h1-8,17H,9-10H2. The van der Waals surface area contributed by atoms with Crippen LogP contribution >= 0.6 is 11.5 Å². The fraction of sp³-hybridized carbons (Fsp3) is 0.133. The van der Waals surface area contributed by atoms with Crippen molar-refractivity contribution in [2.75, 3.05) is 0 Å². The lowest BCUT2D eigenvalue weighted by Gasteiger charge is -2.02. The molecule has 4 heteroatoms. The second-order valence-corrected chi connectivity index (χ2v) is 5.47. The monoisotopic (exact) mass is 271 g/mol. The van der Waals surface area contributed by atoms with Gasteiger partial charge in [-0.25, -0.2) is 0 Å². The van der Waals surface area contributed by atoms with Crippen LogP contribution in [0.2, 0.25) is 0 Å². The number of benzene rings is 2. The number of hydrogen-bond acceptors (Lipinski definition) is 3. The van der Waals surface area contributed by atoms with Crippen LogP contribution < -0.4 is 5.56 Å². The molecule has 3 rings (SSSR count). The smallest absolute Gasteiger partial charge is 0.268 e. The molecule has 2 aromatic carbocycles. The minimum atomic E-state index is 0.0448. The van der Waals surface area contributed by atoms with Gasteiger partial charge in [-0.05, 0) is 23.3 Å². The topological polar surface area (TPSA) is 42.2 Å². The van der Waals surface area contributed by atoms with Crippen LogP contribution in [-0.2, 0) is 13.2 Å². The molecule has 0 fully saturated rings. The lowest BCUT2D eigenvalue weighted by atomic mass is 10.1. The van der Waals surface area contributed by atoms with Crippen LogP contribution in [0, 0.1) is 0 Å². The molecule has 19 heavy (non-hydrogen) atoms. The highest BCUT2D eigenvalue weighted by atomic mass is 32.1. The lowest BCUT2D eigenvalue weighted by Crippen LogP contribution is -2.13. The van der Waals surface area contributed by atoms with E-state index in [1.54, 1.807) is 3.96 Å². The maximum atomic E-state index is 12.2. The first-order chi connectivity index (χ1) is 9.28. The Morgan fingerprint density at radius 2 is 1.68 bits per heavy atom. The quantitative estimate of drug-likeness (QED) is 0.795. The van der Waals surface area contributed by atoms with E-state index in [4.69, 9.17) is 5.11 Å². The summed E-state index contributed by atoms with van der Waals surface area (Å²) in [5.74, 6) is 0. The normalized spacial score (nSPS) is 11.0. The van der Waals surface area contributed by atoms with E-state index in [0.29, 0.717) is 6.54 Å². The minimum absolute atomic E-state index is 0.0448. The van der Waals surface area contributed by atoms with E-state index >= 15 is 0 Å². The van der Waals surface area contributed by atoms with Crippen molar-refractivity contribution in [3.05, 3.63) is 70.0 Å². The van der Waals surface area contributed by atoms with Crippen molar-refractivity contribution in [2.45, 2.75) is 13.2 Å². The molecular formula is C15H13NO2S. The van der Waals surface area contributed by atoms with Crippen LogP contribution in [0.4, 0.5) is 0 Å². The first-order valence-electron chi connectivity index (χ1n) is 6.05. The average Bonchev–Trinajstić information content (AvgIpc) is 2.77. The first-order valence-corrected chi connectivity index (χ1v) is 6.83. The zero-order valence-electron chi connectivity index (χ0n) is 10.2. The Morgan fingerprint density at radius 1 is 1.00 bits per heavy atom. The fourth-order valence-electron chi connectivity index (χ4n) is 2.04. The Balaban J connectivity index is 1.96. The van der Waals surface area contributed by atoms with Gasteiger partial charge in [0.05, 0.1) is 23.2 Å². The maximum absolute atomic E-state index is 12.2. The number of aromatic nitrogens is 1. The predicted octanol–water partition coefficient (Wildman–Crippen LogP) is 2.60. The summed E-state index contributed by atoms with van der Waals surface area (Å²) in [4.78, 5) is 12.2. The molecule has 3 nitrogen and oxygen atoms in total. The van der Waals surface area contributed by atoms with Crippen molar-refractivity contribution in [2.24, 2.45) is 0 Å². The van der Waals surface area contributed by atoms with Gasteiger partial charge in [-0.15, -0.1) is 0 Å². The van der Waals surface area contributed by atoms with E-state index in [2.05, 4.69) is 0 Å². The molecule has 0 atom stereocenters. The summed E-state index contributed by atoms with van der Waals surface area (Å²) in [6, 6.07) is 15.3. The predicted molar refractivity (Wildman–Crippen MR) is 77.6 cm³/mol. The van der Waals surface area contributed by atoms with Gasteiger partial charge in [0.15, 0.2) is 0 Å². The molecule has 1 heterocycles. The van der Waals surface area contributed by atoms with Gasteiger partial charge in [0.25, 0.3) is 5.56 Å². The molecule has 0 aliphatic rings. The van der Waals surface area contributed by atoms with Crippen LogP contribution in [0.25, 0.3) is 10.1 Å². The number of aliphatic hydroxyl groups excluding tert-OH is 1. The van der Waals surface area contributed by atoms with E-state index in [0.717, 1.165) is 21.2 Å². The summed E-state index contributed by atoms with van der Waals surface area (Å²) in [5.41, 5.74) is 2.00. The van der Waals surface area contributed by atoms with Gasteiger partial charge in [-0.3, -0.25) is 8.75 Å². The van der Waals surface area contributed by atoms with Gasteiger partial charge in [-0.1, -0.05) is 47.9 Å². The van der Waals surface area contributed by atoms with E-state index < -0.39 is 0 Å². The summed E-state index contributed by atoms with van der Waals surface area (Å²) in [6.07, 6.45) is 0. The second kappa shape index (κ2) is 4.99. The van der Waals surface area contributed by atoms with Crippen LogP contribution in [0.5, 0.6) is 0 Å². The molecule has 1 aromatic heterocycles. The third-order valence-corrected chi connectivity index (χ3v) is 4.15. The Labute approximate surface area is 114 Å². The van der Waals surface area contributed by atoms with Gasteiger partial charge >= 0.3 is 0 Å². The third-order valence-electron chi connectivity index (χ3n) is 3.08. The highest BCUT2D eigenvalue weighted by Gasteiger charge is 2.06. The van der Waals surface area contributed by atoms with E-state index in [1.165, 1.54) is 11.5 Å². The molecular weight excluding hydrogens is 258 g/mol. The van der Waals surface area contributed by atoms with E-state index in [-0.39, 0.29) is 12.2 Å². The molecule has 1 N–H and O–H groups in total. The highest BCUT2D eigenvalue weighted by Crippen LogP contribution is 2.17. The zero-order valence-corrected chi connectivity index (χ0v) is 11.1. The number of hydrogen-bond donors (Lipinski definition) is 1. The van der Waals surface area contributed by atoms with Gasteiger partial charge in [-0.2, -0.15) is 0 Å². The van der Waals surface area contributed by atoms with Crippen LogP contribution in [-0.4, -0.2) is 9.06 Å². The zero-order chi connectivity index (χ0) is 13.2. The Morgan fingerprint density at radius 3 is 2.37 bits per heavy atom. The third kappa shape index (κ3) is 2.32. The summed E-state index contributed by atoms with van der Waals surface area (Å²) >= 11 is 1.48. The molecule has 3 aromatic rings. The maximum Gasteiger partial charge on any atom is 0.268 e. The van der Waals surface area contributed by atoms with Gasteiger partial charge in [0.1, 0.15) is 0 Å². The largest absolute Gasteiger partial charge is 0.392 e. The van der Waals surface area contributed by atoms with Crippen molar-refractivity contribution in [3.63, 3.8) is 0 Å². The van der Waals surface area contributed by atoms with Crippen LogP contribution in [0.1, 0.15) is 11.1 Å². The summed E-state index contributed by atoms with van der Waals surface area (Å²) < 4.78 is 2.78. The Hall–Kier alpha value is -1.91. The summed E-state index contributed by atoms with van der Waals surface area (Å²) in [7, 11) is 0. The van der Waals surface area contributed by atoms with Crippen molar-refractivity contribution in [1.82, 2.24) is 3.96 Å². The SMILES string of the molecule is O=c1c2ccccc2sn1Cc1ccc(CO)cc1. The fourth-order valence-corrected chi connectivity index (χ4v) is 3.06. The lowest BCUT2D eigenvalue weighted by molar-refractivity contribution is 0.282. The second-order valence-electron chi connectivity index (χ2n) is 4.40. The Kier molecular flexibility index (Phi) is 3.19. The molecule has 0 spiro atoms. The summed E-state index contributed by atoms with van der Waals surface area (Å²) in [5, 5.41) is 9.78. The molecule has 0 aliphatic heterocycles. The number of aliphatic hydroxyl groups is 1. The number of rotatable bonds is 3. The molecule has 0 bridgehead atoms. The molecule has 0 radical (unpaired) electrons. The molecule has 0 unspecified atom stereocenters. The van der Waals surface area contributed by atoms with Crippen molar-refractivity contribution < 1.29 is 5.11 Å². The van der Waals surface area contributed by atoms with Gasteiger partial charge < -0.3 is 5.11 Å². The number of fused-ring (bicyclic) bond motifs is 1. The van der Waals surface area contributed by atoms with Crippen molar-refractivity contribution >= 4 is 21.6 Å². The molecule has 0 saturated carbocycles.